The molecule has 1 fully saturated rings. The number of nitrogens with zero attached hydrogens (tertiary/aromatic N) is 5. The summed E-state index contributed by atoms with van der Waals surface area (Å²) in [4.78, 5) is 2.32. The van der Waals surface area contributed by atoms with E-state index < -0.39 is 5.60 Å². The van der Waals surface area contributed by atoms with Crippen molar-refractivity contribution in [1.29, 1.82) is 0 Å². The van der Waals surface area contributed by atoms with Gasteiger partial charge in [-0.05, 0) is 35.8 Å². The molecule has 0 amide bonds. The van der Waals surface area contributed by atoms with E-state index in [0.29, 0.717) is 0 Å². The van der Waals surface area contributed by atoms with Crippen LogP contribution in [0.5, 0.6) is 0 Å². The van der Waals surface area contributed by atoms with Gasteiger partial charge in [0.1, 0.15) is 0 Å². The number of hydrogen-bond acceptors (Lipinski definition) is 5. The third-order valence-corrected chi connectivity index (χ3v) is 4.51. The summed E-state index contributed by atoms with van der Waals surface area (Å²) >= 11 is 0. The Balaban J connectivity index is 1.69. The number of aryl methyl sites for hydroxylation is 1. The number of hydrogen-bond donors (Lipinski definition) is 1. The zero-order chi connectivity index (χ0) is 14.9. The van der Waals surface area contributed by atoms with Gasteiger partial charge in [0.2, 0.25) is 0 Å². The third-order valence-electron chi connectivity index (χ3n) is 4.51. The topological polar surface area (TPSA) is 67.1 Å². The van der Waals surface area contributed by atoms with Crippen LogP contribution in [0.25, 0.3) is 0 Å². The highest BCUT2D eigenvalue weighted by Crippen LogP contribution is 2.35. The maximum atomic E-state index is 10.9. The van der Waals surface area contributed by atoms with Gasteiger partial charge in [-0.3, -0.25) is 4.90 Å². The summed E-state index contributed by atoms with van der Waals surface area (Å²) in [6.45, 7) is 3.78. The van der Waals surface area contributed by atoms with Crippen LogP contribution in [-0.2, 0) is 12.6 Å². The molecule has 1 atom stereocenters. The Hall–Kier alpha value is -1.79. The Labute approximate surface area is 124 Å². The van der Waals surface area contributed by atoms with Crippen LogP contribution in [0, 0.1) is 0 Å². The number of likely N-dealkylation sites (tertiary alicyclic amines) is 1. The minimum absolute atomic E-state index is 0.158. The summed E-state index contributed by atoms with van der Waals surface area (Å²) in [5.41, 5.74) is 0.299. The molecular weight excluding hydrogens is 266 g/mol. The summed E-state index contributed by atoms with van der Waals surface area (Å²) in [7, 11) is 1.86. The van der Waals surface area contributed by atoms with Gasteiger partial charge in [-0.15, -0.1) is 5.10 Å². The van der Waals surface area contributed by atoms with Gasteiger partial charge in [-0.2, -0.15) is 0 Å². The van der Waals surface area contributed by atoms with Gasteiger partial charge >= 0.3 is 0 Å². The number of piperidine rings is 1. The van der Waals surface area contributed by atoms with Crippen molar-refractivity contribution in [2.75, 3.05) is 13.1 Å². The number of rotatable bonds is 3. The maximum Gasteiger partial charge on any atom is 0.167 e. The average Bonchev–Trinajstić information content (AvgIpc) is 2.94. The number of aliphatic hydroxyl groups is 1. The van der Waals surface area contributed by atoms with Crippen LogP contribution >= 0.6 is 0 Å². The molecule has 1 N–H and O–H groups in total. The van der Waals surface area contributed by atoms with Crippen molar-refractivity contribution in [3.05, 3.63) is 41.7 Å². The average molecular weight is 287 g/mol. The SMILES string of the molecule is C[C@@H](c1nnnn1C)N1CCC(O)(c2ccccc2)CC1. The van der Waals surface area contributed by atoms with E-state index in [1.807, 2.05) is 37.4 Å². The van der Waals surface area contributed by atoms with Crippen molar-refractivity contribution in [3.63, 3.8) is 0 Å². The molecule has 0 unspecified atom stereocenters. The lowest BCUT2D eigenvalue weighted by molar-refractivity contribution is -0.0354. The lowest BCUT2D eigenvalue weighted by atomic mass is 9.84. The Morgan fingerprint density at radius 3 is 2.43 bits per heavy atom. The van der Waals surface area contributed by atoms with Gasteiger partial charge < -0.3 is 5.11 Å². The van der Waals surface area contributed by atoms with Gasteiger partial charge in [0.15, 0.2) is 5.82 Å². The molecule has 21 heavy (non-hydrogen) atoms. The molecule has 0 bridgehead atoms. The van der Waals surface area contributed by atoms with E-state index in [-0.39, 0.29) is 6.04 Å². The van der Waals surface area contributed by atoms with E-state index >= 15 is 0 Å². The monoisotopic (exact) mass is 287 g/mol. The molecule has 1 aliphatic heterocycles. The van der Waals surface area contributed by atoms with E-state index in [4.69, 9.17) is 0 Å². The highest BCUT2D eigenvalue weighted by atomic mass is 16.3. The fourth-order valence-electron chi connectivity index (χ4n) is 3.07. The first kappa shape index (κ1) is 14.2. The fourth-order valence-corrected chi connectivity index (χ4v) is 3.07. The molecule has 1 aliphatic rings. The normalized spacial score (nSPS) is 20.3. The lowest BCUT2D eigenvalue weighted by Crippen LogP contribution is -2.43. The minimum atomic E-state index is -0.713. The van der Waals surface area contributed by atoms with Crippen LogP contribution in [0.1, 0.15) is 37.2 Å². The largest absolute Gasteiger partial charge is 0.385 e. The Kier molecular flexibility index (Phi) is 3.73. The second-order valence-corrected chi connectivity index (χ2v) is 5.77. The molecule has 6 nitrogen and oxygen atoms in total. The van der Waals surface area contributed by atoms with Crippen molar-refractivity contribution in [2.24, 2.45) is 7.05 Å². The second kappa shape index (κ2) is 5.54. The second-order valence-electron chi connectivity index (χ2n) is 5.77. The minimum Gasteiger partial charge on any atom is -0.385 e. The molecule has 1 aromatic heterocycles. The Morgan fingerprint density at radius 2 is 1.86 bits per heavy atom. The van der Waals surface area contributed by atoms with E-state index in [2.05, 4.69) is 27.3 Å². The lowest BCUT2D eigenvalue weighted by Gasteiger charge is -2.40. The summed E-state index contributed by atoms with van der Waals surface area (Å²) in [5, 5.41) is 22.5. The highest BCUT2D eigenvalue weighted by molar-refractivity contribution is 5.23. The van der Waals surface area contributed by atoms with E-state index in [1.165, 1.54) is 0 Å². The molecule has 0 aliphatic carbocycles. The fraction of sp³-hybridized carbons (Fsp3) is 0.533. The van der Waals surface area contributed by atoms with Gasteiger partial charge in [-0.25, -0.2) is 4.68 Å². The zero-order valence-corrected chi connectivity index (χ0v) is 12.5. The quantitative estimate of drug-likeness (QED) is 0.920. The smallest absolute Gasteiger partial charge is 0.167 e. The molecule has 0 saturated carbocycles. The maximum absolute atomic E-state index is 10.9. The van der Waals surface area contributed by atoms with Gasteiger partial charge in [0.25, 0.3) is 0 Å². The first-order valence-corrected chi connectivity index (χ1v) is 7.34. The van der Waals surface area contributed by atoms with Crippen LogP contribution in [0.3, 0.4) is 0 Å². The molecule has 2 aromatic rings. The summed E-state index contributed by atoms with van der Waals surface area (Å²) < 4.78 is 1.71. The van der Waals surface area contributed by atoms with Crippen molar-refractivity contribution in [2.45, 2.75) is 31.4 Å². The van der Waals surface area contributed by atoms with Crippen molar-refractivity contribution < 1.29 is 5.11 Å². The third kappa shape index (κ3) is 2.69. The Bertz CT molecular complexity index is 589. The Morgan fingerprint density at radius 1 is 1.19 bits per heavy atom. The standard InChI is InChI=1S/C15H21N5O/c1-12(14-16-17-18-19(14)2)20-10-8-15(21,9-11-20)13-6-4-3-5-7-13/h3-7,12,21H,8-11H2,1-2H3/t12-/m0/s1. The molecule has 1 aromatic carbocycles. The first-order chi connectivity index (χ1) is 10.1. The first-order valence-electron chi connectivity index (χ1n) is 7.34. The molecule has 0 radical (unpaired) electrons. The van der Waals surface area contributed by atoms with Crippen molar-refractivity contribution >= 4 is 0 Å². The highest BCUT2D eigenvalue weighted by Gasteiger charge is 2.36. The van der Waals surface area contributed by atoms with Crippen molar-refractivity contribution in [1.82, 2.24) is 25.1 Å². The van der Waals surface area contributed by atoms with Crippen LogP contribution < -0.4 is 0 Å². The van der Waals surface area contributed by atoms with Crippen LogP contribution in [0.4, 0.5) is 0 Å². The number of aromatic nitrogens is 4. The molecule has 0 spiro atoms. The molecular formula is C15H21N5O. The van der Waals surface area contributed by atoms with E-state index in [1.54, 1.807) is 4.68 Å². The predicted molar refractivity (Wildman–Crippen MR) is 78.4 cm³/mol. The summed E-state index contributed by atoms with van der Waals surface area (Å²) in [5.74, 6) is 0.861. The number of tetrazole rings is 1. The molecule has 1 saturated heterocycles. The van der Waals surface area contributed by atoms with E-state index in [9.17, 15) is 5.11 Å². The number of benzene rings is 1. The van der Waals surface area contributed by atoms with E-state index in [0.717, 1.165) is 37.3 Å². The predicted octanol–water partition coefficient (Wildman–Crippen LogP) is 1.25. The van der Waals surface area contributed by atoms with Crippen molar-refractivity contribution in [3.8, 4) is 0 Å². The van der Waals surface area contributed by atoms with Crippen LogP contribution in [0.2, 0.25) is 0 Å². The zero-order valence-electron chi connectivity index (χ0n) is 12.5. The van der Waals surface area contributed by atoms with Gasteiger partial charge in [-0.1, -0.05) is 30.3 Å². The van der Waals surface area contributed by atoms with Gasteiger partial charge in [0, 0.05) is 20.1 Å². The molecule has 6 heteroatoms. The van der Waals surface area contributed by atoms with Crippen LogP contribution in [0.15, 0.2) is 30.3 Å². The summed E-state index contributed by atoms with van der Waals surface area (Å²) in [6.07, 6.45) is 1.46. The molecule has 2 heterocycles. The molecule has 112 valence electrons. The van der Waals surface area contributed by atoms with Crippen LogP contribution in [-0.4, -0.2) is 43.3 Å². The van der Waals surface area contributed by atoms with Gasteiger partial charge in [0.05, 0.1) is 11.6 Å². The summed E-state index contributed by atoms with van der Waals surface area (Å²) in [6, 6.07) is 10.1. The molecule has 3 rings (SSSR count).